The molecule has 2 unspecified atom stereocenters. The van der Waals surface area contributed by atoms with Crippen molar-refractivity contribution < 1.29 is 4.74 Å². The fraction of sp³-hybridized carbons (Fsp3) is 1.00. The first-order valence-corrected chi connectivity index (χ1v) is 8.75. The van der Waals surface area contributed by atoms with E-state index in [2.05, 4.69) is 58.1 Å². The summed E-state index contributed by atoms with van der Waals surface area (Å²) < 4.78 is 6.32. The molecule has 1 fully saturated rings. The second kappa shape index (κ2) is 6.79. The first kappa shape index (κ1) is 17.3. The van der Waals surface area contributed by atoms with Crippen LogP contribution in [0.15, 0.2) is 0 Å². The third kappa shape index (κ3) is 4.35. The minimum Gasteiger partial charge on any atom is -0.368 e. The van der Waals surface area contributed by atoms with Crippen molar-refractivity contribution in [3.63, 3.8) is 0 Å². The van der Waals surface area contributed by atoms with Gasteiger partial charge in [-0.25, -0.2) is 0 Å². The molecule has 4 heteroatoms. The molecule has 1 N–H and O–H groups in total. The van der Waals surface area contributed by atoms with Crippen LogP contribution in [0.4, 0.5) is 0 Å². The van der Waals surface area contributed by atoms with E-state index >= 15 is 0 Å². The number of thioether (sulfide) groups is 1. The number of hydrogen-bond acceptors (Lipinski definition) is 4. The lowest BCUT2D eigenvalue weighted by molar-refractivity contribution is -0.0791. The summed E-state index contributed by atoms with van der Waals surface area (Å²) in [5, 5.41) is 3.65. The summed E-state index contributed by atoms with van der Waals surface area (Å²) in [6.07, 6.45) is 2.17. The molecule has 1 aliphatic rings. The quantitative estimate of drug-likeness (QED) is 0.778. The van der Waals surface area contributed by atoms with Crippen molar-refractivity contribution in [2.45, 2.75) is 51.9 Å². The van der Waals surface area contributed by atoms with Crippen LogP contribution in [0, 0.1) is 5.92 Å². The monoisotopic (exact) mass is 288 g/mol. The maximum atomic E-state index is 6.32. The SMILES string of the molecule is CCNC1C(CN(C)CCSC)C(C)(C)OC1(C)C. The Kier molecular flexibility index (Phi) is 6.18. The summed E-state index contributed by atoms with van der Waals surface area (Å²) in [5.74, 6) is 1.72. The minimum absolute atomic E-state index is 0.0655. The van der Waals surface area contributed by atoms with Crippen LogP contribution >= 0.6 is 11.8 Å². The second-order valence-corrected chi connectivity index (χ2v) is 7.69. The number of nitrogens with zero attached hydrogens (tertiary/aromatic N) is 1. The Hall–Kier alpha value is 0.230. The molecule has 1 aliphatic heterocycles. The Labute approximate surface area is 123 Å². The fourth-order valence-corrected chi connectivity index (χ4v) is 3.80. The van der Waals surface area contributed by atoms with Gasteiger partial charge >= 0.3 is 0 Å². The summed E-state index contributed by atoms with van der Waals surface area (Å²) >= 11 is 1.91. The Morgan fingerprint density at radius 1 is 1.21 bits per heavy atom. The summed E-state index contributed by atoms with van der Waals surface area (Å²) in [5.41, 5.74) is -0.158. The largest absolute Gasteiger partial charge is 0.368 e. The van der Waals surface area contributed by atoms with E-state index in [9.17, 15) is 0 Å². The maximum Gasteiger partial charge on any atom is 0.0790 e. The van der Waals surface area contributed by atoms with E-state index in [1.54, 1.807) is 0 Å². The van der Waals surface area contributed by atoms with E-state index in [4.69, 9.17) is 4.74 Å². The third-order valence-corrected chi connectivity index (χ3v) is 4.77. The van der Waals surface area contributed by atoms with Crippen LogP contribution in [-0.2, 0) is 4.74 Å². The van der Waals surface area contributed by atoms with Crippen LogP contribution in [0.25, 0.3) is 0 Å². The van der Waals surface area contributed by atoms with Gasteiger partial charge in [-0.15, -0.1) is 0 Å². The van der Waals surface area contributed by atoms with Crippen molar-refractivity contribution in [1.29, 1.82) is 0 Å². The molecule has 0 aromatic carbocycles. The lowest BCUT2D eigenvalue weighted by Gasteiger charge is -2.33. The fourth-order valence-electron chi connectivity index (χ4n) is 3.31. The molecule has 0 aromatic rings. The van der Waals surface area contributed by atoms with E-state index in [0.717, 1.165) is 19.6 Å². The van der Waals surface area contributed by atoms with E-state index < -0.39 is 0 Å². The van der Waals surface area contributed by atoms with Crippen molar-refractivity contribution in [2.24, 2.45) is 5.92 Å². The molecule has 1 saturated heterocycles. The normalized spacial score (nSPS) is 29.1. The Balaban J connectivity index is 2.75. The molecule has 0 saturated carbocycles. The van der Waals surface area contributed by atoms with Gasteiger partial charge in [0.1, 0.15) is 0 Å². The molecule has 1 heterocycles. The summed E-state index contributed by atoms with van der Waals surface area (Å²) in [6.45, 7) is 14.3. The van der Waals surface area contributed by atoms with E-state index in [1.807, 2.05) is 11.8 Å². The zero-order valence-corrected chi connectivity index (χ0v) is 14.6. The second-order valence-electron chi connectivity index (χ2n) is 6.71. The van der Waals surface area contributed by atoms with Crippen LogP contribution in [0.5, 0.6) is 0 Å². The van der Waals surface area contributed by atoms with E-state index in [-0.39, 0.29) is 11.2 Å². The zero-order chi connectivity index (χ0) is 14.7. The lowest BCUT2D eigenvalue weighted by Crippen LogP contribution is -2.50. The van der Waals surface area contributed by atoms with Crippen LogP contribution in [-0.4, -0.2) is 60.8 Å². The number of ether oxygens (including phenoxy) is 1. The smallest absolute Gasteiger partial charge is 0.0790 e. The predicted octanol–water partition coefficient (Wildman–Crippen LogP) is 2.46. The Morgan fingerprint density at radius 3 is 2.37 bits per heavy atom. The van der Waals surface area contributed by atoms with Gasteiger partial charge in [-0.3, -0.25) is 0 Å². The predicted molar refractivity (Wildman–Crippen MR) is 86.1 cm³/mol. The van der Waals surface area contributed by atoms with Crippen LogP contribution in [0.1, 0.15) is 34.6 Å². The molecule has 0 bridgehead atoms. The van der Waals surface area contributed by atoms with Gasteiger partial charge in [0.15, 0.2) is 0 Å². The van der Waals surface area contributed by atoms with Gasteiger partial charge < -0.3 is 15.0 Å². The number of hydrogen-bond donors (Lipinski definition) is 1. The highest BCUT2D eigenvalue weighted by molar-refractivity contribution is 7.98. The summed E-state index contributed by atoms with van der Waals surface area (Å²) in [4.78, 5) is 2.44. The highest BCUT2D eigenvalue weighted by Gasteiger charge is 2.53. The highest BCUT2D eigenvalue weighted by atomic mass is 32.2. The average Bonchev–Trinajstić information content (AvgIpc) is 2.45. The number of likely N-dealkylation sites (N-methyl/N-ethyl adjacent to an activating group) is 1. The van der Waals surface area contributed by atoms with Crippen molar-refractivity contribution >= 4 is 11.8 Å². The van der Waals surface area contributed by atoms with Gasteiger partial charge in [0.25, 0.3) is 0 Å². The number of nitrogens with one attached hydrogen (secondary N) is 1. The summed E-state index contributed by atoms with van der Waals surface area (Å²) in [6, 6.07) is 0.421. The van der Waals surface area contributed by atoms with Crippen molar-refractivity contribution in [3.05, 3.63) is 0 Å². The maximum absolute atomic E-state index is 6.32. The molecule has 1 rings (SSSR count). The van der Waals surface area contributed by atoms with Gasteiger partial charge in [-0.1, -0.05) is 6.92 Å². The van der Waals surface area contributed by atoms with Crippen LogP contribution in [0.3, 0.4) is 0 Å². The topological polar surface area (TPSA) is 24.5 Å². The molecular formula is C15H32N2OS. The molecule has 0 amide bonds. The van der Waals surface area contributed by atoms with Crippen molar-refractivity contribution in [2.75, 3.05) is 38.7 Å². The first-order valence-electron chi connectivity index (χ1n) is 7.35. The van der Waals surface area contributed by atoms with E-state index in [1.165, 1.54) is 5.75 Å². The lowest BCUT2D eigenvalue weighted by atomic mass is 9.82. The van der Waals surface area contributed by atoms with Crippen LogP contribution in [0.2, 0.25) is 0 Å². The molecular weight excluding hydrogens is 256 g/mol. The molecule has 0 aliphatic carbocycles. The van der Waals surface area contributed by atoms with Crippen molar-refractivity contribution in [3.8, 4) is 0 Å². The number of rotatable bonds is 7. The molecule has 0 aromatic heterocycles. The first-order chi connectivity index (χ1) is 8.74. The summed E-state index contributed by atoms with van der Waals surface area (Å²) in [7, 11) is 2.22. The van der Waals surface area contributed by atoms with Gasteiger partial charge in [-0.2, -0.15) is 11.8 Å². The van der Waals surface area contributed by atoms with Gasteiger partial charge in [-0.05, 0) is 47.5 Å². The molecule has 19 heavy (non-hydrogen) atoms. The van der Waals surface area contributed by atoms with Gasteiger partial charge in [0.05, 0.1) is 11.2 Å². The van der Waals surface area contributed by atoms with E-state index in [0.29, 0.717) is 12.0 Å². The molecule has 0 radical (unpaired) electrons. The van der Waals surface area contributed by atoms with Crippen LogP contribution < -0.4 is 5.32 Å². The van der Waals surface area contributed by atoms with Gasteiger partial charge in [0, 0.05) is 30.8 Å². The zero-order valence-electron chi connectivity index (χ0n) is 13.7. The Bertz CT molecular complexity index is 281. The molecule has 114 valence electrons. The molecule has 0 spiro atoms. The minimum atomic E-state index is -0.0927. The van der Waals surface area contributed by atoms with Gasteiger partial charge in [0.2, 0.25) is 0 Å². The highest BCUT2D eigenvalue weighted by Crippen LogP contribution is 2.42. The standard InChI is InChI=1S/C15H32N2OS/c1-8-16-13-12(11-17(6)9-10-19-7)14(2,3)18-15(13,4)5/h12-13,16H,8-11H2,1-7H3. The molecule has 2 atom stereocenters. The Morgan fingerprint density at radius 2 is 1.84 bits per heavy atom. The van der Waals surface area contributed by atoms with Crippen molar-refractivity contribution in [1.82, 2.24) is 10.2 Å². The average molecular weight is 289 g/mol. The third-order valence-electron chi connectivity index (χ3n) is 4.18. The molecule has 3 nitrogen and oxygen atoms in total.